The molecule has 224 valence electrons. The minimum absolute atomic E-state index is 0.0574. The lowest BCUT2D eigenvalue weighted by Crippen LogP contribution is -2.49. The number of ether oxygens (including phenoxy) is 4. The van der Waals surface area contributed by atoms with E-state index in [-0.39, 0.29) is 46.8 Å². The first-order valence-electron chi connectivity index (χ1n) is 13.7. The summed E-state index contributed by atoms with van der Waals surface area (Å²) in [5.74, 6) is 0.366. The molecular formula is C30H38Cl2N2O7. The van der Waals surface area contributed by atoms with Crippen LogP contribution in [0.25, 0.3) is 0 Å². The van der Waals surface area contributed by atoms with Gasteiger partial charge in [0.15, 0.2) is 5.60 Å². The maximum Gasteiger partial charge on any atom is 0.349 e. The van der Waals surface area contributed by atoms with Crippen molar-refractivity contribution in [2.45, 2.75) is 57.3 Å². The van der Waals surface area contributed by atoms with E-state index in [1.165, 1.54) is 17.0 Å². The summed E-state index contributed by atoms with van der Waals surface area (Å²) in [5, 5.41) is 11.7. The van der Waals surface area contributed by atoms with Gasteiger partial charge >= 0.3 is 5.97 Å². The van der Waals surface area contributed by atoms with Crippen LogP contribution in [0, 0.1) is 0 Å². The normalized spacial score (nSPS) is 17.0. The van der Waals surface area contributed by atoms with E-state index in [0.717, 1.165) is 43.7 Å². The number of rotatable bonds is 10. The molecule has 1 saturated heterocycles. The van der Waals surface area contributed by atoms with Gasteiger partial charge < -0.3 is 33.9 Å². The fourth-order valence-electron chi connectivity index (χ4n) is 5.12. The molecule has 41 heavy (non-hydrogen) atoms. The molecule has 0 radical (unpaired) electrons. The smallest absolute Gasteiger partial charge is 0.349 e. The van der Waals surface area contributed by atoms with Crippen molar-refractivity contribution in [2.24, 2.45) is 0 Å². The number of fused-ring (bicyclic) bond motifs is 1. The summed E-state index contributed by atoms with van der Waals surface area (Å²) in [4.78, 5) is 28.8. The minimum atomic E-state index is -1.33. The van der Waals surface area contributed by atoms with Crippen LogP contribution in [-0.2, 0) is 16.0 Å². The van der Waals surface area contributed by atoms with Crippen LogP contribution in [0.5, 0.6) is 17.2 Å². The lowest BCUT2D eigenvalue weighted by molar-refractivity contribution is -0.158. The summed E-state index contributed by atoms with van der Waals surface area (Å²) in [6.07, 6.45) is 1.69. The number of piperidine rings is 1. The van der Waals surface area contributed by atoms with Crippen molar-refractivity contribution in [1.29, 1.82) is 0 Å². The topological polar surface area (TPSA) is 97.8 Å². The molecule has 0 unspecified atom stereocenters. The second-order valence-electron chi connectivity index (χ2n) is 11.3. The van der Waals surface area contributed by atoms with Crippen LogP contribution < -0.4 is 14.2 Å². The molecule has 2 aromatic carbocycles. The first kappa shape index (κ1) is 31.2. The fraction of sp³-hybridized carbons (Fsp3) is 0.533. The molecule has 1 N–H and O–H groups in total. The van der Waals surface area contributed by atoms with Crippen LogP contribution in [-0.4, -0.2) is 91.0 Å². The molecule has 1 spiro atoms. The lowest BCUT2D eigenvalue weighted by atomic mass is 9.87. The zero-order valence-electron chi connectivity index (χ0n) is 24.2. The van der Waals surface area contributed by atoms with E-state index in [1.54, 1.807) is 34.9 Å². The number of β-amino-alcohol motifs (C(OH)–C–C–N with tert-alkyl or cyclic N) is 1. The highest BCUT2D eigenvalue weighted by atomic mass is 35.5. The van der Waals surface area contributed by atoms with Gasteiger partial charge in [-0.15, -0.1) is 0 Å². The Hall–Kier alpha value is -2.72. The van der Waals surface area contributed by atoms with Crippen molar-refractivity contribution in [3.63, 3.8) is 0 Å². The molecule has 2 aliphatic rings. The number of carbonyl (C=O) groups is 2. The summed E-state index contributed by atoms with van der Waals surface area (Å²) >= 11 is 12.6. The second-order valence-corrected chi connectivity index (χ2v) is 12.1. The molecule has 2 aromatic rings. The standard InChI is InChI=1S/C30H38Cl2N2O7/c1-6-38-28(37)29(2,3)40-26-15-25(22(14-23(26)32)27(36)33(4)5)39-18-21(35)17-34-11-9-30(10-12-34)16-19-13-20(31)7-8-24(19)41-30/h7-8,13-15,21,35H,6,9-12,16-18H2,1-5H3/t21-/m0/s1. The van der Waals surface area contributed by atoms with E-state index >= 15 is 0 Å². The number of benzene rings is 2. The Morgan fingerprint density at radius 3 is 2.51 bits per heavy atom. The van der Waals surface area contributed by atoms with E-state index in [0.29, 0.717) is 11.6 Å². The number of carbonyl (C=O) groups excluding carboxylic acids is 2. The quantitative estimate of drug-likeness (QED) is 0.390. The van der Waals surface area contributed by atoms with Crippen molar-refractivity contribution in [2.75, 3.05) is 46.9 Å². The van der Waals surface area contributed by atoms with Crippen molar-refractivity contribution < 1.29 is 33.6 Å². The molecule has 4 rings (SSSR count). The van der Waals surface area contributed by atoms with Gasteiger partial charge in [-0.1, -0.05) is 23.2 Å². The SMILES string of the molecule is CCOC(=O)C(C)(C)Oc1cc(OC[C@@H](O)CN2CCC3(CC2)Cc2cc(Cl)ccc2O3)c(C(=O)N(C)C)cc1Cl. The molecule has 9 nitrogen and oxygen atoms in total. The van der Waals surface area contributed by atoms with Gasteiger partial charge in [0, 0.05) is 64.1 Å². The number of aliphatic hydroxyl groups is 1. The third-order valence-corrected chi connectivity index (χ3v) is 7.86. The Balaban J connectivity index is 1.39. The molecule has 1 atom stereocenters. The van der Waals surface area contributed by atoms with Gasteiger partial charge in [-0.2, -0.15) is 0 Å². The van der Waals surface area contributed by atoms with Gasteiger partial charge in [0.05, 0.1) is 17.2 Å². The Labute approximate surface area is 251 Å². The molecule has 0 bridgehead atoms. The highest BCUT2D eigenvalue weighted by molar-refractivity contribution is 6.32. The maximum absolute atomic E-state index is 12.9. The van der Waals surface area contributed by atoms with Crippen molar-refractivity contribution in [3.05, 3.63) is 51.5 Å². The molecule has 2 heterocycles. The van der Waals surface area contributed by atoms with Gasteiger partial charge in [-0.25, -0.2) is 4.79 Å². The number of amides is 1. The molecule has 1 amide bonds. The maximum atomic E-state index is 12.9. The van der Waals surface area contributed by atoms with Crippen LogP contribution >= 0.6 is 23.2 Å². The van der Waals surface area contributed by atoms with E-state index in [2.05, 4.69) is 4.90 Å². The number of likely N-dealkylation sites (tertiary alicyclic amines) is 1. The summed E-state index contributed by atoms with van der Waals surface area (Å²) in [5.41, 5.74) is -0.208. The third kappa shape index (κ3) is 7.38. The zero-order chi connectivity index (χ0) is 29.9. The zero-order valence-corrected chi connectivity index (χ0v) is 25.7. The fourth-order valence-corrected chi connectivity index (χ4v) is 5.52. The average molecular weight is 610 g/mol. The average Bonchev–Trinajstić information content (AvgIpc) is 3.26. The van der Waals surface area contributed by atoms with E-state index in [9.17, 15) is 14.7 Å². The van der Waals surface area contributed by atoms with Crippen molar-refractivity contribution >= 4 is 35.1 Å². The van der Waals surface area contributed by atoms with E-state index in [4.69, 9.17) is 42.1 Å². The summed E-state index contributed by atoms with van der Waals surface area (Å²) in [7, 11) is 3.24. The Bertz CT molecular complexity index is 1280. The number of hydrogen-bond acceptors (Lipinski definition) is 8. The summed E-state index contributed by atoms with van der Waals surface area (Å²) in [6, 6.07) is 8.66. The van der Waals surface area contributed by atoms with Crippen LogP contribution in [0.3, 0.4) is 0 Å². The van der Waals surface area contributed by atoms with Crippen LogP contribution in [0.1, 0.15) is 49.5 Å². The number of hydrogen-bond donors (Lipinski definition) is 1. The molecule has 2 aliphatic heterocycles. The number of halogens is 2. The highest BCUT2D eigenvalue weighted by Crippen LogP contribution is 2.42. The molecule has 0 aromatic heterocycles. The van der Waals surface area contributed by atoms with Gasteiger partial charge in [0.1, 0.15) is 35.6 Å². The van der Waals surface area contributed by atoms with Gasteiger partial charge in [0.25, 0.3) is 5.91 Å². The molecule has 0 aliphatic carbocycles. The van der Waals surface area contributed by atoms with Gasteiger partial charge in [-0.05, 0) is 50.6 Å². The largest absolute Gasteiger partial charge is 0.490 e. The third-order valence-electron chi connectivity index (χ3n) is 7.33. The van der Waals surface area contributed by atoms with Crippen molar-refractivity contribution in [3.8, 4) is 17.2 Å². The van der Waals surface area contributed by atoms with E-state index < -0.39 is 17.7 Å². The predicted molar refractivity (Wildman–Crippen MR) is 157 cm³/mol. The summed E-state index contributed by atoms with van der Waals surface area (Å²) in [6.45, 7) is 6.93. The summed E-state index contributed by atoms with van der Waals surface area (Å²) < 4.78 is 23.3. The van der Waals surface area contributed by atoms with Gasteiger partial charge in [0.2, 0.25) is 0 Å². The Morgan fingerprint density at radius 2 is 1.85 bits per heavy atom. The minimum Gasteiger partial charge on any atom is -0.490 e. The monoisotopic (exact) mass is 608 g/mol. The molecular weight excluding hydrogens is 571 g/mol. The van der Waals surface area contributed by atoms with Crippen molar-refractivity contribution in [1.82, 2.24) is 9.80 Å². The number of esters is 1. The number of aliphatic hydroxyl groups excluding tert-OH is 1. The molecule has 0 saturated carbocycles. The van der Waals surface area contributed by atoms with Gasteiger partial charge in [-0.3, -0.25) is 4.79 Å². The lowest BCUT2D eigenvalue weighted by Gasteiger charge is -2.39. The first-order chi connectivity index (χ1) is 19.3. The van der Waals surface area contributed by atoms with E-state index in [1.807, 2.05) is 18.2 Å². The predicted octanol–water partition coefficient (Wildman–Crippen LogP) is 4.63. The Morgan fingerprint density at radius 1 is 1.15 bits per heavy atom. The molecule has 1 fully saturated rings. The Kier molecular flexibility index (Phi) is 9.63. The first-order valence-corrected chi connectivity index (χ1v) is 14.5. The molecule has 11 heteroatoms. The van der Waals surface area contributed by atoms with Crippen LogP contribution in [0.4, 0.5) is 0 Å². The van der Waals surface area contributed by atoms with Crippen LogP contribution in [0.2, 0.25) is 10.0 Å². The number of nitrogens with zero attached hydrogens (tertiary/aromatic N) is 2. The highest BCUT2D eigenvalue weighted by Gasteiger charge is 2.42. The second kappa shape index (κ2) is 12.7. The van der Waals surface area contributed by atoms with Crippen LogP contribution in [0.15, 0.2) is 30.3 Å².